The Morgan fingerprint density at radius 3 is 1.70 bits per heavy atom. The molecule has 30 heavy (non-hydrogen) atoms. The highest BCUT2D eigenvalue weighted by molar-refractivity contribution is 6.14. The number of carbonyl (C=O) groups excluding carboxylic acids is 2. The molecule has 0 aromatic heterocycles. The Kier molecular flexibility index (Phi) is 4.49. The van der Waals surface area contributed by atoms with E-state index < -0.39 is 12.1 Å². The number of ketones is 1. The number of benzene rings is 4. The van der Waals surface area contributed by atoms with Gasteiger partial charge in [-0.3, -0.25) is 4.79 Å². The van der Waals surface area contributed by atoms with Gasteiger partial charge in [-0.1, -0.05) is 97.1 Å². The van der Waals surface area contributed by atoms with Crippen molar-refractivity contribution < 1.29 is 14.3 Å². The molecule has 0 heterocycles. The second-order valence-electron chi connectivity index (χ2n) is 7.20. The van der Waals surface area contributed by atoms with Crippen molar-refractivity contribution in [1.29, 1.82) is 0 Å². The zero-order valence-corrected chi connectivity index (χ0v) is 16.1. The Morgan fingerprint density at radius 2 is 1.07 bits per heavy atom. The van der Waals surface area contributed by atoms with E-state index in [0.717, 1.165) is 22.3 Å². The highest BCUT2D eigenvalue weighted by Gasteiger charge is 2.32. The van der Waals surface area contributed by atoms with E-state index in [1.54, 1.807) is 48.5 Å². The van der Waals surface area contributed by atoms with Gasteiger partial charge < -0.3 is 4.74 Å². The maximum Gasteiger partial charge on any atom is 0.339 e. The van der Waals surface area contributed by atoms with Gasteiger partial charge in [0.05, 0.1) is 5.56 Å². The lowest BCUT2D eigenvalue weighted by molar-refractivity contribution is 0.0383. The van der Waals surface area contributed by atoms with E-state index in [4.69, 9.17) is 4.74 Å². The second-order valence-corrected chi connectivity index (χ2v) is 7.20. The van der Waals surface area contributed by atoms with Crippen LogP contribution in [-0.4, -0.2) is 11.8 Å². The lowest BCUT2D eigenvalue weighted by Gasteiger charge is -2.16. The first kappa shape index (κ1) is 18.1. The molecule has 0 unspecified atom stereocenters. The lowest BCUT2D eigenvalue weighted by Crippen LogP contribution is -2.15. The number of ether oxygens (including phenoxy) is 1. The summed E-state index contributed by atoms with van der Waals surface area (Å²) in [5.41, 5.74) is 5.20. The van der Waals surface area contributed by atoms with E-state index in [-0.39, 0.29) is 11.3 Å². The lowest BCUT2D eigenvalue weighted by atomic mass is 9.98. The first-order valence-corrected chi connectivity index (χ1v) is 9.82. The zero-order chi connectivity index (χ0) is 20.5. The van der Waals surface area contributed by atoms with E-state index in [1.165, 1.54) is 0 Å². The van der Waals surface area contributed by atoms with E-state index >= 15 is 0 Å². The third-order valence-corrected chi connectivity index (χ3v) is 5.43. The standard InChI is InChI=1S/C27H18O3/c28-25(18-10-2-1-3-11-18)21-14-6-9-17-24(21)27(29)30-26-22-15-7-4-12-19(22)20-13-5-8-16-23(20)26/h1-17,26H. The van der Waals surface area contributed by atoms with Crippen LogP contribution in [0.1, 0.15) is 43.5 Å². The van der Waals surface area contributed by atoms with Crippen LogP contribution < -0.4 is 0 Å². The molecule has 0 saturated heterocycles. The molecule has 3 heteroatoms. The number of carbonyl (C=O) groups is 2. The summed E-state index contributed by atoms with van der Waals surface area (Å²) in [4.78, 5) is 26.2. The summed E-state index contributed by atoms with van der Waals surface area (Å²) in [6.45, 7) is 0. The fourth-order valence-corrected chi connectivity index (χ4v) is 4.01. The SMILES string of the molecule is O=C(OC1c2ccccc2-c2ccccc21)c1ccccc1C(=O)c1ccccc1. The molecule has 0 fully saturated rings. The molecule has 1 aliphatic rings. The first-order valence-electron chi connectivity index (χ1n) is 9.82. The fourth-order valence-electron chi connectivity index (χ4n) is 4.01. The smallest absolute Gasteiger partial charge is 0.339 e. The topological polar surface area (TPSA) is 43.4 Å². The maximum absolute atomic E-state index is 13.2. The highest BCUT2D eigenvalue weighted by atomic mass is 16.5. The van der Waals surface area contributed by atoms with Crippen LogP contribution in [0.2, 0.25) is 0 Å². The molecular formula is C27H18O3. The molecule has 0 N–H and O–H groups in total. The fraction of sp³-hybridized carbons (Fsp3) is 0.0370. The quantitative estimate of drug-likeness (QED) is 0.325. The van der Waals surface area contributed by atoms with Crippen LogP contribution in [0.4, 0.5) is 0 Å². The van der Waals surface area contributed by atoms with Crippen molar-refractivity contribution in [3.05, 3.63) is 131 Å². The van der Waals surface area contributed by atoms with Gasteiger partial charge in [0.1, 0.15) is 0 Å². The molecule has 4 aromatic rings. The van der Waals surface area contributed by atoms with Crippen LogP contribution in [0, 0.1) is 0 Å². The zero-order valence-electron chi connectivity index (χ0n) is 16.1. The van der Waals surface area contributed by atoms with Crippen molar-refractivity contribution in [3.8, 4) is 11.1 Å². The molecule has 4 aromatic carbocycles. The van der Waals surface area contributed by atoms with Gasteiger partial charge in [0.15, 0.2) is 11.9 Å². The Balaban J connectivity index is 1.51. The van der Waals surface area contributed by atoms with Gasteiger partial charge in [-0.25, -0.2) is 4.79 Å². The summed E-state index contributed by atoms with van der Waals surface area (Å²) >= 11 is 0. The summed E-state index contributed by atoms with van der Waals surface area (Å²) in [6, 6.07) is 31.6. The van der Waals surface area contributed by atoms with E-state index in [2.05, 4.69) is 0 Å². The molecule has 0 saturated carbocycles. The van der Waals surface area contributed by atoms with Gasteiger partial charge in [-0.15, -0.1) is 0 Å². The van der Waals surface area contributed by atoms with Gasteiger partial charge >= 0.3 is 5.97 Å². The number of hydrogen-bond donors (Lipinski definition) is 0. The summed E-state index contributed by atoms with van der Waals surface area (Å²) in [6.07, 6.45) is -0.496. The molecule has 3 nitrogen and oxygen atoms in total. The Hall–Kier alpha value is -3.98. The summed E-state index contributed by atoms with van der Waals surface area (Å²) in [5.74, 6) is -0.707. The average Bonchev–Trinajstić information content (AvgIpc) is 3.13. The van der Waals surface area contributed by atoms with Crippen LogP contribution in [0.5, 0.6) is 0 Å². The van der Waals surface area contributed by atoms with Crippen LogP contribution in [0.15, 0.2) is 103 Å². The third kappa shape index (κ3) is 3.01. The van der Waals surface area contributed by atoms with Gasteiger partial charge in [-0.2, -0.15) is 0 Å². The summed E-state index contributed by atoms with van der Waals surface area (Å²) in [5, 5.41) is 0. The molecule has 5 rings (SSSR count). The summed E-state index contributed by atoms with van der Waals surface area (Å²) < 4.78 is 5.99. The minimum atomic E-state index is -0.508. The molecule has 0 bridgehead atoms. The van der Waals surface area contributed by atoms with Gasteiger partial charge in [0.25, 0.3) is 0 Å². The van der Waals surface area contributed by atoms with Crippen molar-refractivity contribution in [2.75, 3.05) is 0 Å². The Labute approximate surface area is 174 Å². The third-order valence-electron chi connectivity index (χ3n) is 5.43. The number of esters is 1. The minimum absolute atomic E-state index is 0.199. The predicted molar refractivity (Wildman–Crippen MR) is 115 cm³/mol. The van der Waals surface area contributed by atoms with Gasteiger partial charge in [0.2, 0.25) is 0 Å². The van der Waals surface area contributed by atoms with Crippen LogP contribution in [0.3, 0.4) is 0 Å². The van der Waals surface area contributed by atoms with Crippen molar-refractivity contribution >= 4 is 11.8 Å². The largest absolute Gasteiger partial charge is 0.449 e. The summed E-state index contributed by atoms with van der Waals surface area (Å²) in [7, 11) is 0. The highest BCUT2D eigenvalue weighted by Crippen LogP contribution is 2.45. The molecule has 0 aliphatic heterocycles. The van der Waals surface area contributed by atoms with Gasteiger partial charge in [-0.05, 0) is 17.2 Å². The number of rotatable bonds is 4. The number of fused-ring (bicyclic) bond motifs is 3. The Bertz CT molecular complexity index is 1210. The molecule has 0 spiro atoms. The van der Waals surface area contributed by atoms with Crippen molar-refractivity contribution in [1.82, 2.24) is 0 Å². The molecule has 1 aliphatic carbocycles. The molecule has 0 amide bonds. The van der Waals surface area contributed by atoms with Crippen molar-refractivity contribution in [3.63, 3.8) is 0 Å². The monoisotopic (exact) mass is 390 g/mol. The number of hydrogen-bond acceptors (Lipinski definition) is 3. The molecule has 0 radical (unpaired) electrons. The normalized spacial score (nSPS) is 12.1. The van der Waals surface area contributed by atoms with Gasteiger partial charge in [0, 0.05) is 22.3 Å². The second kappa shape index (κ2) is 7.45. The van der Waals surface area contributed by atoms with Crippen molar-refractivity contribution in [2.45, 2.75) is 6.10 Å². The van der Waals surface area contributed by atoms with Crippen LogP contribution >= 0.6 is 0 Å². The minimum Gasteiger partial charge on any atom is -0.449 e. The average molecular weight is 390 g/mol. The van der Waals surface area contributed by atoms with Crippen molar-refractivity contribution in [2.24, 2.45) is 0 Å². The van der Waals surface area contributed by atoms with E-state index in [0.29, 0.717) is 11.1 Å². The maximum atomic E-state index is 13.2. The van der Waals surface area contributed by atoms with Crippen LogP contribution in [0.25, 0.3) is 11.1 Å². The first-order chi connectivity index (χ1) is 14.7. The van der Waals surface area contributed by atoms with Crippen LogP contribution in [-0.2, 0) is 4.74 Å². The molecule has 0 atom stereocenters. The molecular weight excluding hydrogens is 372 g/mol. The predicted octanol–water partition coefficient (Wildman–Crippen LogP) is 5.84. The molecule has 144 valence electrons. The Morgan fingerprint density at radius 1 is 0.567 bits per heavy atom. The van der Waals surface area contributed by atoms with E-state index in [1.807, 2.05) is 54.6 Å². The van der Waals surface area contributed by atoms with E-state index in [9.17, 15) is 9.59 Å².